The minimum atomic E-state index is -1.82. The maximum atomic E-state index is 9.10. The highest BCUT2D eigenvalue weighted by atomic mass is 16.5. The third kappa shape index (κ3) is 10.6. The van der Waals surface area contributed by atoms with E-state index in [9.17, 15) is 0 Å². The number of aryl methyl sites for hydroxylation is 2. The van der Waals surface area contributed by atoms with Crippen molar-refractivity contribution in [3.8, 4) is 5.75 Å². The summed E-state index contributed by atoms with van der Waals surface area (Å²) in [6.07, 6.45) is 4.85. The molecule has 24 heavy (non-hydrogen) atoms. The van der Waals surface area contributed by atoms with E-state index in [2.05, 4.69) is 44.3 Å². The van der Waals surface area contributed by atoms with E-state index in [0.29, 0.717) is 0 Å². The predicted molar refractivity (Wildman–Crippen MR) is 93.7 cm³/mol. The third-order valence-corrected chi connectivity index (χ3v) is 3.29. The fraction of sp³-hybridized carbons (Fsp3) is 0.556. The average molecular weight is 339 g/mol. The van der Waals surface area contributed by atoms with Crippen molar-refractivity contribution in [2.45, 2.75) is 46.5 Å². The molecule has 0 saturated carbocycles. The number of hydrogen-bond acceptors (Lipinski definition) is 4. The number of carboxylic acids is 2. The predicted octanol–water partition coefficient (Wildman–Crippen LogP) is 3.01. The normalized spacial score (nSPS) is 9.79. The lowest BCUT2D eigenvalue weighted by atomic mass is 10.1. The van der Waals surface area contributed by atoms with Gasteiger partial charge in [0.25, 0.3) is 0 Å². The summed E-state index contributed by atoms with van der Waals surface area (Å²) < 4.78 is 5.87. The van der Waals surface area contributed by atoms with Crippen LogP contribution >= 0.6 is 0 Å². The van der Waals surface area contributed by atoms with Crippen molar-refractivity contribution in [1.82, 2.24) is 5.32 Å². The quantitative estimate of drug-likeness (QED) is 0.473. The number of nitrogens with one attached hydrogen (secondary N) is 1. The monoisotopic (exact) mass is 339 g/mol. The highest BCUT2D eigenvalue weighted by Crippen LogP contribution is 2.22. The van der Waals surface area contributed by atoms with Crippen molar-refractivity contribution in [3.05, 3.63) is 29.3 Å². The van der Waals surface area contributed by atoms with Crippen LogP contribution in [0.15, 0.2) is 18.2 Å². The number of unbranched alkanes of at least 4 members (excludes halogenated alkanes) is 2. The lowest BCUT2D eigenvalue weighted by Crippen LogP contribution is -2.17. The minimum absolute atomic E-state index is 0.821. The molecule has 3 N–H and O–H groups in total. The van der Waals surface area contributed by atoms with Crippen LogP contribution in [-0.2, 0) is 9.59 Å². The summed E-state index contributed by atoms with van der Waals surface area (Å²) in [5, 5.41) is 18.2. The molecule has 0 fully saturated rings. The van der Waals surface area contributed by atoms with Crippen molar-refractivity contribution >= 4 is 11.9 Å². The molecule has 0 atom stereocenters. The number of hydrogen-bond donors (Lipinski definition) is 3. The van der Waals surface area contributed by atoms with Crippen LogP contribution in [0, 0.1) is 13.8 Å². The molecule has 6 nitrogen and oxygen atoms in total. The van der Waals surface area contributed by atoms with Crippen molar-refractivity contribution in [3.63, 3.8) is 0 Å². The minimum Gasteiger partial charge on any atom is -0.493 e. The van der Waals surface area contributed by atoms with E-state index in [1.54, 1.807) is 0 Å². The highest BCUT2D eigenvalue weighted by molar-refractivity contribution is 6.27. The molecule has 0 unspecified atom stereocenters. The van der Waals surface area contributed by atoms with Crippen molar-refractivity contribution in [2.75, 3.05) is 19.7 Å². The number of carbonyl (C=O) groups is 2. The van der Waals surface area contributed by atoms with Gasteiger partial charge in [-0.25, -0.2) is 9.59 Å². The van der Waals surface area contributed by atoms with Crippen molar-refractivity contribution in [2.24, 2.45) is 0 Å². The van der Waals surface area contributed by atoms with E-state index in [1.165, 1.54) is 30.4 Å². The van der Waals surface area contributed by atoms with E-state index in [0.717, 1.165) is 31.9 Å². The van der Waals surface area contributed by atoms with Gasteiger partial charge in [-0.05, 0) is 57.3 Å². The van der Waals surface area contributed by atoms with Gasteiger partial charge in [0.05, 0.1) is 6.61 Å². The summed E-state index contributed by atoms with van der Waals surface area (Å²) in [5.74, 6) is -2.58. The summed E-state index contributed by atoms with van der Waals surface area (Å²) in [5.41, 5.74) is 2.46. The second-order valence-corrected chi connectivity index (χ2v) is 5.49. The lowest BCUT2D eigenvalue weighted by molar-refractivity contribution is -0.159. The van der Waals surface area contributed by atoms with Crippen LogP contribution in [0.4, 0.5) is 0 Å². The lowest BCUT2D eigenvalue weighted by Gasteiger charge is -2.11. The van der Waals surface area contributed by atoms with Gasteiger partial charge in [-0.15, -0.1) is 0 Å². The first kappa shape index (κ1) is 21.9. The Morgan fingerprint density at radius 1 is 1.00 bits per heavy atom. The Kier molecular flexibility index (Phi) is 12.2. The Morgan fingerprint density at radius 2 is 1.54 bits per heavy atom. The van der Waals surface area contributed by atoms with E-state index in [-0.39, 0.29) is 0 Å². The Hall–Kier alpha value is -2.08. The van der Waals surface area contributed by atoms with Crippen LogP contribution in [0.3, 0.4) is 0 Å². The number of ether oxygens (including phenoxy) is 1. The van der Waals surface area contributed by atoms with E-state index in [1.807, 2.05) is 0 Å². The summed E-state index contributed by atoms with van der Waals surface area (Å²) in [6, 6.07) is 6.29. The first-order chi connectivity index (χ1) is 11.4. The fourth-order valence-electron chi connectivity index (χ4n) is 1.98. The van der Waals surface area contributed by atoms with Gasteiger partial charge in [0.1, 0.15) is 5.75 Å². The Balaban J connectivity index is 0.000000754. The molecule has 6 heteroatoms. The van der Waals surface area contributed by atoms with Crippen LogP contribution in [-0.4, -0.2) is 41.8 Å². The summed E-state index contributed by atoms with van der Waals surface area (Å²) >= 11 is 0. The molecule has 136 valence electrons. The third-order valence-electron chi connectivity index (χ3n) is 3.29. The molecule has 0 spiro atoms. The first-order valence-corrected chi connectivity index (χ1v) is 8.26. The van der Waals surface area contributed by atoms with Crippen LogP contribution in [0.5, 0.6) is 5.75 Å². The molecule has 0 radical (unpaired) electrons. The zero-order valence-corrected chi connectivity index (χ0v) is 14.8. The van der Waals surface area contributed by atoms with Gasteiger partial charge < -0.3 is 20.3 Å². The molecule has 1 aromatic carbocycles. The molecule has 1 aromatic rings. The van der Waals surface area contributed by atoms with Gasteiger partial charge in [0.2, 0.25) is 0 Å². The van der Waals surface area contributed by atoms with Gasteiger partial charge in [0, 0.05) is 0 Å². The van der Waals surface area contributed by atoms with Gasteiger partial charge in [0.15, 0.2) is 0 Å². The maximum Gasteiger partial charge on any atom is 0.414 e. The van der Waals surface area contributed by atoms with Gasteiger partial charge in [-0.3, -0.25) is 0 Å². The first-order valence-electron chi connectivity index (χ1n) is 8.26. The van der Waals surface area contributed by atoms with Crippen molar-refractivity contribution in [1.29, 1.82) is 0 Å². The van der Waals surface area contributed by atoms with E-state index < -0.39 is 11.9 Å². The van der Waals surface area contributed by atoms with E-state index in [4.69, 9.17) is 24.5 Å². The summed E-state index contributed by atoms with van der Waals surface area (Å²) in [4.78, 5) is 18.2. The van der Waals surface area contributed by atoms with Crippen LogP contribution in [0.1, 0.15) is 43.7 Å². The zero-order valence-electron chi connectivity index (χ0n) is 14.8. The van der Waals surface area contributed by atoms with Crippen LogP contribution in [0.25, 0.3) is 0 Å². The van der Waals surface area contributed by atoms with E-state index >= 15 is 0 Å². The Morgan fingerprint density at radius 3 is 2.04 bits per heavy atom. The number of aliphatic carboxylic acids is 2. The summed E-state index contributed by atoms with van der Waals surface area (Å²) in [7, 11) is 0. The number of para-hydroxylation sites is 1. The zero-order chi connectivity index (χ0) is 18.4. The molecule has 1 rings (SSSR count). The molecule has 0 aromatic heterocycles. The standard InChI is InChI=1S/C16H27NO.C2H2O4/c1-4-5-11-17-12-6-7-13-18-16-14(2)9-8-10-15(16)3;3-1(4)2(5)6/h8-10,17H,4-7,11-13H2,1-3H3;(H,3,4)(H,5,6). The molecular formula is C18H29NO5. The molecular weight excluding hydrogens is 310 g/mol. The number of carboxylic acid groups (broad SMARTS) is 2. The molecule has 0 aliphatic carbocycles. The van der Waals surface area contributed by atoms with Crippen LogP contribution < -0.4 is 10.1 Å². The number of benzene rings is 1. The largest absolute Gasteiger partial charge is 0.493 e. The summed E-state index contributed by atoms with van der Waals surface area (Å²) in [6.45, 7) is 9.51. The van der Waals surface area contributed by atoms with Gasteiger partial charge in [-0.2, -0.15) is 0 Å². The molecule has 0 aliphatic heterocycles. The molecule has 0 heterocycles. The fourth-order valence-corrected chi connectivity index (χ4v) is 1.98. The Bertz CT molecular complexity index is 470. The van der Waals surface area contributed by atoms with Gasteiger partial charge in [-0.1, -0.05) is 31.5 Å². The molecule has 0 amide bonds. The second-order valence-electron chi connectivity index (χ2n) is 5.49. The molecule has 0 bridgehead atoms. The van der Waals surface area contributed by atoms with Crippen molar-refractivity contribution < 1.29 is 24.5 Å². The maximum absolute atomic E-state index is 9.10. The Labute approximate surface area is 143 Å². The second kappa shape index (κ2) is 13.4. The smallest absolute Gasteiger partial charge is 0.414 e. The molecule has 0 aliphatic rings. The topological polar surface area (TPSA) is 95.9 Å². The van der Waals surface area contributed by atoms with Gasteiger partial charge >= 0.3 is 11.9 Å². The average Bonchev–Trinajstić information content (AvgIpc) is 2.53. The highest BCUT2D eigenvalue weighted by Gasteiger charge is 2.04. The number of rotatable bonds is 9. The molecule has 0 saturated heterocycles. The SMILES string of the molecule is CCCCNCCCCOc1c(C)cccc1C.O=C(O)C(=O)O. The van der Waals surface area contributed by atoms with Crippen LogP contribution in [0.2, 0.25) is 0 Å².